The third-order valence-corrected chi connectivity index (χ3v) is 4.69. The number of anilines is 1. The number of carbonyl (C=O) groups excluding carboxylic acids is 1. The van der Waals surface area contributed by atoms with Gasteiger partial charge in [0, 0.05) is 24.9 Å². The summed E-state index contributed by atoms with van der Waals surface area (Å²) in [4.78, 5) is 24.7. The van der Waals surface area contributed by atoms with Gasteiger partial charge in [0.15, 0.2) is 10.8 Å². The number of carbonyl (C=O) groups is 1. The fourth-order valence-electron chi connectivity index (χ4n) is 1.60. The number of aromatic nitrogens is 5. The molecule has 118 valence electrons. The summed E-state index contributed by atoms with van der Waals surface area (Å²) in [5.41, 5.74) is 0.286. The van der Waals surface area contributed by atoms with Crippen molar-refractivity contribution in [1.29, 1.82) is 0 Å². The van der Waals surface area contributed by atoms with E-state index in [2.05, 4.69) is 30.5 Å². The third kappa shape index (κ3) is 3.55. The van der Waals surface area contributed by atoms with Crippen molar-refractivity contribution in [1.82, 2.24) is 25.1 Å². The van der Waals surface area contributed by atoms with Crippen molar-refractivity contribution in [3.05, 3.63) is 34.5 Å². The van der Waals surface area contributed by atoms with Gasteiger partial charge in [-0.05, 0) is 13.0 Å². The van der Waals surface area contributed by atoms with E-state index in [1.54, 1.807) is 30.9 Å². The number of thiazole rings is 1. The highest BCUT2D eigenvalue weighted by molar-refractivity contribution is 7.15. The summed E-state index contributed by atoms with van der Waals surface area (Å²) in [6.45, 7) is 1.86. The van der Waals surface area contributed by atoms with Crippen molar-refractivity contribution in [3.8, 4) is 10.8 Å². The Labute approximate surface area is 139 Å². The van der Waals surface area contributed by atoms with Gasteiger partial charge >= 0.3 is 0 Å². The Hall–Kier alpha value is -2.30. The second kappa shape index (κ2) is 6.86. The minimum absolute atomic E-state index is 0.167. The minimum Gasteiger partial charge on any atom is -0.374 e. The third-order valence-electron chi connectivity index (χ3n) is 2.86. The molecule has 10 heteroatoms. The zero-order valence-electron chi connectivity index (χ0n) is 12.3. The number of nitrogens with one attached hydrogen (secondary N) is 1. The summed E-state index contributed by atoms with van der Waals surface area (Å²) in [6.07, 6.45) is 3.09. The molecule has 0 aromatic carbocycles. The van der Waals surface area contributed by atoms with E-state index in [9.17, 15) is 4.79 Å². The van der Waals surface area contributed by atoms with Crippen molar-refractivity contribution in [2.75, 3.05) is 12.4 Å². The number of nitrogens with zero attached hydrogens (tertiary/aromatic N) is 5. The van der Waals surface area contributed by atoms with Gasteiger partial charge in [0.2, 0.25) is 5.13 Å². The number of methoxy groups -OCH3 is 1. The smallest absolute Gasteiger partial charge is 0.276 e. The second-order valence-electron chi connectivity index (χ2n) is 4.39. The van der Waals surface area contributed by atoms with Crippen molar-refractivity contribution < 1.29 is 9.53 Å². The molecule has 1 amide bonds. The van der Waals surface area contributed by atoms with Crippen LogP contribution < -0.4 is 5.32 Å². The van der Waals surface area contributed by atoms with Crippen LogP contribution in [0.3, 0.4) is 0 Å². The lowest BCUT2D eigenvalue weighted by Gasteiger charge is -2.02. The van der Waals surface area contributed by atoms with Crippen LogP contribution in [0.4, 0.5) is 5.13 Å². The zero-order valence-corrected chi connectivity index (χ0v) is 13.9. The largest absolute Gasteiger partial charge is 0.374 e. The van der Waals surface area contributed by atoms with Gasteiger partial charge in [-0.3, -0.25) is 10.1 Å². The highest BCUT2D eigenvalue weighted by Gasteiger charge is 2.16. The fourth-order valence-corrected chi connectivity index (χ4v) is 3.11. The lowest BCUT2D eigenvalue weighted by atomic mass is 10.4. The molecule has 1 unspecified atom stereocenters. The van der Waals surface area contributed by atoms with E-state index in [-0.39, 0.29) is 17.7 Å². The molecule has 3 aromatic rings. The minimum atomic E-state index is -0.351. The first-order chi connectivity index (χ1) is 11.2. The Morgan fingerprint density at radius 1 is 1.30 bits per heavy atom. The fraction of sp³-hybridized carbons (Fsp3) is 0.231. The van der Waals surface area contributed by atoms with E-state index < -0.39 is 0 Å². The van der Waals surface area contributed by atoms with Crippen LogP contribution in [0.1, 0.15) is 28.5 Å². The molecule has 1 atom stereocenters. The maximum absolute atomic E-state index is 12.2. The quantitative estimate of drug-likeness (QED) is 0.755. The van der Waals surface area contributed by atoms with Gasteiger partial charge in [-0.2, -0.15) is 0 Å². The standard InChI is InChI=1S/C13H12N6O2S2/c1-7(21-2)11-18-19-13(23-11)17-10(20)8-6-22-12(16-8)9-14-4-3-5-15-9/h3-7H,1-2H3,(H,17,19,20). The first-order valence-electron chi connectivity index (χ1n) is 6.58. The van der Waals surface area contributed by atoms with Crippen LogP contribution in [0, 0.1) is 0 Å². The molecule has 3 aromatic heterocycles. The maximum Gasteiger partial charge on any atom is 0.276 e. The van der Waals surface area contributed by atoms with Crippen LogP contribution in [-0.4, -0.2) is 38.2 Å². The summed E-state index contributed by atoms with van der Waals surface area (Å²) in [7, 11) is 1.59. The molecule has 0 radical (unpaired) electrons. The predicted octanol–water partition coefficient (Wildman–Crippen LogP) is 2.41. The molecule has 8 nitrogen and oxygen atoms in total. The molecule has 1 N–H and O–H groups in total. The zero-order chi connectivity index (χ0) is 16.2. The van der Waals surface area contributed by atoms with Crippen molar-refractivity contribution >= 4 is 33.7 Å². The van der Waals surface area contributed by atoms with Crippen LogP contribution in [0.2, 0.25) is 0 Å². The molecule has 3 heterocycles. The van der Waals surface area contributed by atoms with Crippen molar-refractivity contribution in [2.24, 2.45) is 0 Å². The van der Waals surface area contributed by atoms with Gasteiger partial charge in [0.1, 0.15) is 16.8 Å². The molecule has 0 aliphatic carbocycles. The summed E-state index contributed by atoms with van der Waals surface area (Å²) < 4.78 is 5.16. The van der Waals surface area contributed by atoms with Crippen LogP contribution in [0.5, 0.6) is 0 Å². The van der Waals surface area contributed by atoms with Crippen molar-refractivity contribution in [2.45, 2.75) is 13.0 Å². The maximum atomic E-state index is 12.2. The molecule has 23 heavy (non-hydrogen) atoms. The second-order valence-corrected chi connectivity index (χ2v) is 6.26. The van der Waals surface area contributed by atoms with E-state index in [4.69, 9.17) is 4.74 Å². The average Bonchev–Trinajstić information content (AvgIpc) is 3.24. The van der Waals surface area contributed by atoms with Gasteiger partial charge in [-0.1, -0.05) is 11.3 Å². The number of rotatable bonds is 5. The highest BCUT2D eigenvalue weighted by Crippen LogP contribution is 2.24. The Morgan fingerprint density at radius 2 is 2.09 bits per heavy atom. The SMILES string of the molecule is COC(C)c1nnc(NC(=O)c2csc(-c3ncccn3)n2)s1. The van der Waals surface area contributed by atoms with Crippen molar-refractivity contribution in [3.63, 3.8) is 0 Å². The molecule has 0 saturated heterocycles. The average molecular weight is 348 g/mol. The Balaban J connectivity index is 1.72. The Kier molecular flexibility index (Phi) is 4.65. The lowest BCUT2D eigenvalue weighted by Crippen LogP contribution is -2.12. The number of hydrogen-bond acceptors (Lipinski definition) is 9. The normalized spacial score (nSPS) is 12.1. The summed E-state index contributed by atoms with van der Waals surface area (Å²) >= 11 is 2.57. The molecule has 0 bridgehead atoms. The molecule has 3 rings (SSSR count). The highest BCUT2D eigenvalue weighted by atomic mass is 32.1. The van der Waals surface area contributed by atoms with E-state index in [0.29, 0.717) is 21.0 Å². The van der Waals surface area contributed by atoms with Gasteiger partial charge in [0.25, 0.3) is 5.91 Å². The molecule has 0 spiro atoms. The summed E-state index contributed by atoms with van der Waals surface area (Å²) in [6, 6.07) is 1.72. The monoisotopic (exact) mass is 348 g/mol. The molecule has 0 aliphatic heterocycles. The summed E-state index contributed by atoms with van der Waals surface area (Å²) in [5.74, 6) is 0.139. The molecule has 0 aliphatic rings. The van der Waals surface area contributed by atoms with E-state index in [0.717, 1.165) is 0 Å². The lowest BCUT2D eigenvalue weighted by molar-refractivity contribution is 0.102. The molecule has 0 saturated carbocycles. The molecular formula is C13H12N6O2S2. The first-order valence-corrected chi connectivity index (χ1v) is 8.27. The number of ether oxygens (including phenoxy) is 1. The molecule has 0 fully saturated rings. The van der Waals surface area contributed by atoms with E-state index >= 15 is 0 Å². The molecular weight excluding hydrogens is 336 g/mol. The Morgan fingerprint density at radius 3 is 2.83 bits per heavy atom. The summed E-state index contributed by atoms with van der Waals surface area (Å²) in [5, 5.41) is 13.9. The van der Waals surface area contributed by atoms with Gasteiger partial charge < -0.3 is 4.74 Å². The van der Waals surface area contributed by atoms with Crippen LogP contribution in [-0.2, 0) is 4.74 Å². The van der Waals surface area contributed by atoms with Gasteiger partial charge in [0.05, 0.1) is 0 Å². The van der Waals surface area contributed by atoms with E-state index in [1.807, 2.05) is 6.92 Å². The first kappa shape index (κ1) is 15.6. The number of hydrogen-bond donors (Lipinski definition) is 1. The number of amides is 1. The van der Waals surface area contributed by atoms with Gasteiger partial charge in [-0.25, -0.2) is 15.0 Å². The topological polar surface area (TPSA) is 103 Å². The predicted molar refractivity (Wildman–Crippen MR) is 86.4 cm³/mol. The van der Waals surface area contributed by atoms with Gasteiger partial charge in [-0.15, -0.1) is 21.5 Å². The van der Waals surface area contributed by atoms with Crippen LogP contribution in [0.15, 0.2) is 23.8 Å². The van der Waals surface area contributed by atoms with Crippen LogP contribution in [0.25, 0.3) is 10.8 Å². The van der Waals surface area contributed by atoms with E-state index in [1.165, 1.54) is 22.7 Å². The van der Waals surface area contributed by atoms with Crippen LogP contribution >= 0.6 is 22.7 Å². The Bertz CT molecular complexity index is 804.